The Bertz CT molecular complexity index is 1220. The van der Waals surface area contributed by atoms with Gasteiger partial charge in [0.2, 0.25) is 0 Å². The zero-order chi connectivity index (χ0) is 29.6. The molecule has 0 amide bonds. The van der Waals surface area contributed by atoms with E-state index < -0.39 is 12.1 Å². The number of carbonyl (C=O) groups is 1. The number of nitrogens with two attached hydrogens (primary N) is 1. The number of aromatic carboxylic acids is 1. The van der Waals surface area contributed by atoms with E-state index in [1.54, 1.807) is 18.2 Å². The Hall–Kier alpha value is -2.19. The average Bonchev–Trinajstić information content (AvgIpc) is 3.09. The van der Waals surface area contributed by atoms with Crippen molar-refractivity contribution in [1.82, 2.24) is 0 Å². The largest absolute Gasteiger partial charge is 0.490 e. The smallest absolute Gasteiger partial charge is 0.335 e. The van der Waals surface area contributed by atoms with Crippen molar-refractivity contribution in [1.29, 1.82) is 0 Å². The molecule has 0 fully saturated rings. The molecule has 5 atom stereocenters. The summed E-state index contributed by atoms with van der Waals surface area (Å²) >= 11 is 7.76. The lowest BCUT2D eigenvalue weighted by atomic mass is 9.70. The number of aryl methyl sites for hydroxylation is 1. The minimum Gasteiger partial charge on any atom is -0.490 e. The third kappa shape index (κ3) is 7.42. The molecule has 5 unspecified atom stereocenters. The molecule has 4 rings (SSSR count). The Labute approximate surface area is 254 Å². The van der Waals surface area contributed by atoms with Gasteiger partial charge in [0.25, 0.3) is 0 Å². The van der Waals surface area contributed by atoms with Crippen LogP contribution < -0.4 is 14.8 Å². The van der Waals surface area contributed by atoms with Gasteiger partial charge in [0, 0.05) is 29.3 Å². The maximum absolute atomic E-state index is 11.9. The number of carboxylic acids is 1. The zero-order valence-electron chi connectivity index (χ0n) is 24.5. The fourth-order valence-corrected chi connectivity index (χ4v) is 7.59. The summed E-state index contributed by atoms with van der Waals surface area (Å²) in [5, 5.41) is 27.4. The fraction of sp³-hybridized carbons (Fsp3) is 0.545. The van der Waals surface area contributed by atoms with Crippen LogP contribution in [0.2, 0.25) is 5.02 Å². The number of aliphatic hydroxyl groups is 1. The fourth-order valence-electron chi connectivity index (χ4n) is 6.75. The van der Waals surface area contributed by atoms with E-state index in [-0.39, 0.29) is 22.8 Å². The van der Waals surface area contributed by atoms with Crippen molar-refractivity contribution in [3.63, 3.8) is 0 Å². The molecular formula is C33H45ClN2O4S. The topological polar surface area (TPSA) is 96.0 Å². The summed E-state index contributed by atoms with van der Waals surface area (Å²) in [5.74, 6) is 1.37. The van der Waals surface area contributed by atoms with Gasteiger partial charge in [0.15, 0.2) is 0 Å². The highest BCUT2D eigenvalue weighted by molar-refractivity contribution is 7.97. The number of halogens is 1. The predicted molar refractivity (Wildman–Crippen MR) is 170 cm³/mol. The summed E-state index contributed by atoms with van der Waals surface area (Å²) in [6.07, 6.45) is 9.32. The highest BCUT2D eigenvalue weighted by Gasteiger charge is 2.42. The van der Waals surface area contributed by atoms with Crippen molar-refractivity contribution in [2.45, 2.75) is 70.8 Å². The van der Waals surface area contributed by atoms with Gasteiger partial charge < -0.3 is 19.8 Å². The van der Waals surface area contributed by atoms with Crippen LogP contribution in [0, 0.1) is 17.8 Å². The minimum absolute atomic E-state index is 0.0545. The minimum atomic E-state index is -0.956. The lowest BCUT2D eigenvalue weighted by Gasteiger charge is -2.42. The van der Waals surface area contributed by atoms with E-state index in [9.17, 15) is 15.0 Å². The molecule has 1 aliphatic carbocycles. The van der Waals surface area contributed by atoms with Gasteiger partial charge >= 0.3 is 5.97 Å². The maximum atomic E-state index is 11.9. The number of anilines is 1. The van der Waals surface area contributed by atoms with E-state index in [4.69, 9.17) is 21.5 Å². The number of fused-ring (bicyclic) bond motifs is 3. The summed E-state index contributed by atoms with van der Waals surface area (Å²) in [4.78, 5) is 14.2. The maximum Gasteiger partial charge on any atom is 0.335 e. The molecule has 0 radical (unpaired) electrons. The van der Waals surface area contributed by atoms with Gasteiger partial charge in [-0.2, -0.15) is 0 Å². The summed E-state index contributed by atoms with van der Waals surface area (Å²) < 4.78 is 6.48. The van der Waals surface area contributed by atoms with Crippen LogP contribution in [-0.2, 0) is 11.8 Å². The van der Waals surface area contributed by atoms with Gasteiger partial charge in [0.05, 0.1) is 24.0 Å². The average molecular weight is 601 g/mol. The van der Waals surface area contributed by atoms with Gasteiger partial charge in [-0.05, 0) is 84.9 Å². The first-order valence-electron chi connectivity index (χ1n) is 14.9. The lowest BCUT2D eigenvalue weighted by molar-refractivity contribution is 0.0697. The van der Waals surface area contributed by atoms with Crippen molar-refractivity contribution in [2.75, 3.05) is 30.3 Å². The van der Waals surface area contributed by atoms with Gasteiger partial charge in [-0.3, -0.25) is 5.14 Å². The molecule has 0 bridgehead atoms. The van der Waals surface area contributed by atoms with Crippen LogP contribution in [0.3, 0.4) is 0 Å². The molecule has 6 nitrogen and oxygen atoms in total. The molecule has 4 N–H and O–H groups in total. The van der Waals surface area contributed by atoms with Crippen molar-refractivity contribution in [3.05, 3.63) is 70.3 Å². The number of ether oxygens (including phenoxy) is 1. The monoisotopic (exact) mass is 600 g/mol. The van der Waals surface area contributed by atoms with Crippen LogP contribution in [0.1, 0.15) is 74.4 Å². The normalized spacial score (nSPS) is 21.5. The quantitative estimate of drug-likeness (QED) is 0.176. The van der Waals surface area contributed by atoms with Crippen LogP contribution in [0.4, 0.5) is 5.69 Å². The Kier molecular flexibility index (Phi) is 11.1. The molecule has 2 aromatic carbocycles. The number of rotatable bonds is 12. The number of carboxylic acid groups (broad SMARTS) is 1. The number of allylic oxidation sites excluding steroid dienone is 1. The molecule has 224 valence electrons. The number of nitrogens with zero attached hydrogens (tertiary/aromatic N) is 1. The summed E-state index contributed by atoms with van der Waals surface area (Å²) in [6, 6.07) is 11.3. The Morgan fingerprint density at radius 2 is 2.05 bits per heavy atom. The second-order valence-electron chi connectivity index (χ2n) is 11.9. The van der Waals surface area contributed by atoms with Crippen molar-refractivity contribution < 1.29 is 19.7 Å². The van der Waals surface area contributed by atoms with Crippen LogP contribution in [0.15, 0.2) is 48.6 Å². The Morgan fingerprint density at radius 1 is 1.24 bits per heavy atom. The standard InChI is InChI=1S/C33H45ClN2O4S/c1-4-23(19-41-35)8-6-10-30(37)27(5-2)22(3)18-36-20-33(15-7-9-24-16-26(34)12-13-28(24)33)21-40-31-14-11-25(32(38)39)17-29(31)36/h6,10-14,16-17,22-23,27,30,37H,4-5,7-9,15,18-21,35H2,1-3H3,(H,38,39)/b10-6+. The second kappa shape index (κ2) is 14.3. The predicted octanol–water partition coefficient (Wildman–Crippen LogP) is 7.11. The lowest BCUT2D eigenvalue weighted by Crippen LogP contribution is -2.47. The molecule has 1 heterocycles. The number of hydrogen-bond donors (Lipinski definition) is 3. The number of benzene rings is 2. The van der Waals surface area contributed by atoms with Gasteiger partial charge in [0.1, 0.15) is 5.75 Å². The van der Waals surface area contributed by atoms with Gasteiger partial charge in [-0.1, -0.05) is 75.4 Å². The first-order valence-corrected chi connectivity index (χ1v) is 16.3. The molecule has 2 aromatic rings. The van der Waals surface area contributed by atoms with E-state index in [1.807, 2.05) is 12.1 Å². The number of hydrogen-bond acceptors (Lipinski definition) is 6. The molecule has 0 saturated carbocycles. The van der Waals surface area contributed by atoms with Crippen molar-refractivity contribution >= 4 is 35.2 Å². The third-order valence-corrected chi connectivity index (χ3v) is 10.0. The van der Waals surface area contributed by atoms with Crippen molar-refractivity contribution in [2.24, 2.45) is 22.9 Å². The Balaban J connectivity index is 1.63. The molecule has 2 aliphatic rings. The summed E-state index contributed by atoms with van der Waals surface area (Å²) in [7, 11) is 0. The van der Waals surface area contributed by atoms with Crippen molar-refractivity contribution in [3.8, 4) is 5.75 Å². The molecule has 0 saturated heterocycles. The summed E-state index contributed by atoms with van der Waals surface area (Å²) in [6.45, 7) is 8.40. The van der Waals surface area contributed by atoms with Crippen LogP contribution in [-0.4, -0.2) is 47.7 Å². The van der Waals surface area contributed by atoms with E-state index >= 15 is 0 Å². The highest BCUT2D eigenvalue weighted by Crippen LogP contribution is 2.45. The summed E-state index contributed by atoms with van der Waals surface area (Å²) in [5.41, 5.74) is 3.35. The van der Waals surface area contributed by atoms with E-state index in [1.165, 1.54) is 23.1 Å². The first kappa shape index (κ1) is 31.7. The molecule has 1 spiro atoms. The first-order chi connectivity index (χ1) is 19.7. The molecule has 41 heavy (non-hydrogen) atoms. The second-order valence-corrected chi connectivity index (χ2v) is 13.0. The van der Waals surface area contributed by atoms with Gasteiger partial charge in [-0.15, -0.1) is 0 Å². The van der Waals surface area contributed by atoms with E-state index in [2.05, 4.69) is 43.9 Å². The highest BCUT2D eigenvalue weighted by atomic mass is 35.5. The Morgan fingerprint density at radius 3 is 2.76 bits per heavy atom. The SMILES string of the molecule is CCC(C/C=C/C(O)C(CC)C(C)CN1CC2(CCCc3cc(Cl)ccc32)COc2ccc(C(=O)O)cc21)CSN. The molecular weight excluding hydrogens is 556 g/mol. The molecule has 0 aromatic heterocycles. The third-order valence-electron chi connectivity index (χ3n) is 9.15. The molecule has 1 aliphatic heterocycles. The van der Waals surface area contributed by atoms with E-state index in [0.29, 0.717) is 31.4 Å². The van der Waals surface area contributed by atoms with Crippen LogP contribution >= 0.6 is 23.5 Å². The van der Waals surface area contributed by atoms with E-state index in [0.717, 1.165) is 55.0 Å². The van der Waals surface area contributed by atoms with Gasteiger partial charge in [-0.25, -0.2) is 4.79 Å². The zero-order valence-corrected chi connectivity index (χ0v) is 26.1. The molecule has 8 heteroatoms. The van der Waals surface area contributed by atoms with Crippen LogP contribution in [0.5, 0.6) is 5.75 Å². The van der Waals surface area contributed by atoms with Crippen LogP contribution in [0.25, 0.3) is 0 Å². The number of aliphatic hydroxyl groups excluding tert-OH is 1.